The summed E-state index contributed by atoms with van der Waals surface area (Å²) in [7, 11) is 3.20. The molecule has 3 rings (SSSR count). The van der Waals surface area contributed by atoms with E-state index in [0.29, 0.717) is 30.9 Å². The third-order valence-corrected chi connectivity index (χ3v) is 6.95. The predicted molar refractivity (Wildman–Crippen MR) is 151 cm³/mol. The van der Waals surface area contributed by atoms with Gasteiger partial charge in [0.25, 0.3) is 0 Å². The first-order valence-electron chi connectivity index (χ1n) is 13.2. The molecule has 0 spiro atoms. The number of aryl methyl sites for hydroxylation is 2. The Bertz CT molecular complexity index is 1200. The second kappa shape index (κ2) is 14.2. The fourth-order valence-corrected chi connectivity index (χ4v) is 4.40. The summed E-state index contributed by atoms with van der Waals surface area (Å²) in [6, 6.07) is 23.0. The highest BCUT2D eigenvalue weighted by atomic mass is 16.5. The summed E-state index contributed by atoms with van der Waals surface area (Å²) in [4.78, 5) is 29.3. The third kappa shape index (κ3) is 7.85. The summed E-state index contributed by atoms with van der Waals surface area (Å²) in [6.07, 6.45) is 2.05. The van der Waals surface area contributed by atoms with Crippen molar-refractivity contribution in [3.8, 4) is 11.5 Å². The molecule has 1 N–H and O–H groups in total. The second-order valence-electron chi connectivity index (χ2n) is 9.66. The number of benzene rings is 3. The van der Waals surface area contributed by atoms with Crippen LogP contribution < -0.4 is 14.8 Å². The number of ether oxygens (including phenoxy) is 2. The van der Waals surface area contributed by atoms with E-state index in [1.54, 1.807) is 19.1 Å². The summed E-state index contributed by atoms with van der Waals surface area (Å²) >= 11 is 0. The lowest BCUT2D eigenvalue weighted by molar-refractivity contribution is -0.141. The molecule has 6 heteroatoms. The number of hydrogen-bond acceptors (Lipinski definition) is 4. The van der Waals surface area contributed by atoms with Crippen molar-refractivity contribution in [2.75, 3.05) is 14.2 Å². The molecule has 0 aromatic heterocycles. The molecule has 0 unspecified atom stereocenters. The second-order valence-corrected chi connectivity index (χ2v) is 9.66. The summed E-state index contributed by atoms with van der Waals surface area (Å²) in [5, 5.41) is 3.12. The lowest BCUT2D eigenvalue weighted by atomic mass is 10.00. The largest absolute Gasteiger partial charge is 0.493 e. The highest BCUT2D eigenvalue weighted by Crippen LogP contribution is 2.28. The molecule has 0 fully saturated rings. The zero-order chi connectivity index (χ0) is 27.5. The van der Waals surface area contributed by atoms with Crippen molar-refractivity contribution < 1.29 is 19.1 Å². The van der Waals surface area contributed by atoms with Crippen LogP contribution in [-0.2, 0) is 29.0 Å². The zero-order valence-corrected chi connectivity index (χ0v) is 23.2. The van der Waals surface area contributed by atoms with Gasteiger partial charge in [0.1, 0.15) is 6.04 Å². The Balaban J connectivity index is 1.92. The van der Waals surface area contributed by atoms with Crippen molar-refractivity contribution in [1.82, 2.24) is 10.2 Å². The van der Waals surface area contributed by atoms with Crippen LogP contribution in [0.15, 0.2) is 72.8 Å². The average Bonchev–Trinajstić information content (AvgIpc) is 2.94. The first kappa shape index (κ1) is 28.8. The van der Waals surface area contributed by atoms with Crippen LogP contribution in [-0.4, -0.2) is 43.0 Å². The highest BCUT2D eigenvalue weighted by Gasteiger charge is 2.31. The summed E-state index contributed by atoms with van der Waals surface area (Å²) < 4.78 is 10.8. The van der Waals surface area contributed by atoms with Gasteiger partial charge in [0, 0.05) is 25.4 Å². The van der Waals surface area contributed by atoms with Gasteiger partial charge in [-0.1, -0.05) is 67.6 Å². The maximum Gasteiger partial charge on any atom is 0.243 e. The Hall–Kier alpha value is -3.80. The molecular formula is C32H40N2O4. The Morgan fingerprint density at radius 1 is 0.895 bits per heavy atom. The maximum atomic E-state index is 13.9. The van der Waals surface area contributed by atoms with Crippen molar-refractivity contribution in [3.63, 3.8) is 0 Å². The van der Waals surface area contributed by atoms with Gasteiger partial charge in [-0.15, -0.1) is 0 Å². The van der Waals surface area contributed by atoms with Crippen LogP contribution in [0.25, 0.3) is 0 Å². The maximum absolute atomic E-state index is 13.9. The normalized spacial score (nSPS) is 12.3. The molecule has 0 aliphatic heterocycles. The molecule has 38 heavy (non-hydrogen) atoms. The molecule has 2 atom stereocenters. The topological polar surface area (TPSA) is 67.9 Å². The molecule has 0 bridgehead atoms. The van der Waals surface area contributed by atoms with E-state index in [1.807, 2.05) is 93.6 Å². The number of methoxy groups -OCH3 is 2. The van der Waals surface area contributed by atoms with E-state index < -0.39 is 6.04 Å². The lowest BCUT2D eigenvalue weighted by Gasteiger charge is -2.33. The van der Waals surface area contributed by atoms with Crippen LogP contribution >= 0.6 is 0 Å². The van der Waals surface area contributed by atoms with E-state index in [0.717, 1.165) is 28.7 Å². The summed E-state index contributed by atoms with van der Waals surface area (Å²) in [5.41, 5.74) is 4.10. The van der Waals surface area contributed by atoms with Crippen LogP contribution in [0.3, 0.4) is 0 Å². The third-order valence-electron chi connectivity index (χ3n) is 6.95. The van der Waals surface area contributed by atoms with Crippen LogP contribution in [0.5, 0.6) is 11.5 Å². The molecule has 0 heterocycles. The van der Waals surface area contributed by atoms with Crippen molar-refractivity contribution in [3.05, 3.63) is 95.1 Å². The van der Waals surface area contributed by atoms with E-state index in [2.05, 4.69) is 5.32 Å². The first-order chi connectivity index (χ1) is 18.4. The number of hydrogen-bond donors (Lipinski definition) is 1. The molecule has 6 nitrogen and oxygen atoms in total. The highest BCUT2D eigenvalue weighted by molar-refractivity contribution is 5.88. The Labute approximate surface area is 227 Å². The summed E-state index contributed by atoms with van der Waals surface area (Å²) in [6.45, 7) is 6.43. The minimum atomic E-state index is -0.635. The van der Waals surface area contributed by atoms with Crippen LogP contribution in [0.1, 0.15) is 48.9 Å². The van der Waals surface area contributed by atoms with Gasteiger partial charge in [-0.3, -0.25) is 9.59 Å². The molecule has 202 valence electrons. The predicted octanol–water partition coefficient (Wildman–Crippen LogP) is 5.50. The van der Waals surface area contributed by atoms with Crippen LogP contribution in [0, 0.1) is 6.92 Å². The van der Waals surface area contributed by atoms with E-state index in [1.165, 1.54) is 0 Å². The quantitative estimate of drug-likeness (QED) is 0.326. The van der Waals surface area contributed by atoms with Crippen LogP contribution in [0.2, 0.25) is 0 Å². The minimum Gasteiger partial charge on any atom is -0.493 e. The fourth-order valence-electron chi connectivity index (χ4n) is 4.40. The van der Waals surface area contributed by atoms with Crippen molar-refractivity contribution in [1.29, 1.82) is 0 Å². The molecule has 0 aliphatic carbocycles. The van der Waals surface area contributed by atoms with E-state index >= 15 is 0 Å². The van der Waals surface area contributed by atoms with Gasteiger partial charge in [-0.25, -0.2) is 0 Å². The van der Waals surface area contributed by atoms with Crippen molar-refractivity contribution in [2.45, 2.75) is 65.1 Å². The SMILES string of the molecule is CC[C@@H](C)NC(=O)[C@H](Cc1ccccc1)N(Cc1ccccc1C)C(=O)CCc1ccc(OC)c(OC)c1. The molecule has 0 saturated heterocycles. The molecule has 0 saturated carbocycles. The Kier molecular flexibility index (Phi) is 10.8. The Morgan fingerprint density at radius 3 is 2.24 bits per heavy atom. The number of rotatable bonds is 13. The van der Waals surface area contributed by atoms with Crippen molar-refractivity contribution >= 4 is 11.8 Å². The van der Waals surface area contributed by atoms with Crippen LogP contribution in [0.4, 0.5) is 0 Å². The summed E-state index contributed by atoms with van der Waals surface area (Å²) in [5.74, 6) is 1.08. The van der Waals surface area contributed by atoms with E-state index in [9.17, 15) is 9.59 Å². The van der Waals surface area contributed by atoms with Gasteiger partial charge in [0.2, 0.25) is 11.8 Å². The minimum absolute atomic E-state index is 0.0166. The smallest absolute Gasteiger partial charge is 0.243 e. The molecular weight excluding hydrogens is 476 g/mol. The molecule has 3 aromatic rings. The Morgan fingerprint density at radius 2 is 1.58 bits per heavy atom. The van der Waals surface area contributed by atoms with Gasteiger partial charge >= 0.3 is 0 Å². The van der Waals surface area contributed by atoms with Crippen molar-refractivity contribution in [2.24, 2.45) is 0 Å². The molecule has 2 amide bonds. The zero-order valence-electron chi connectivity index (χ0n) is 23.2. The monoisotopic (exact) mass is 516 g/mol. The molecule has 0 radical (unpaired) electrons. The first-order valence-corrected chi connectivity index (χ1v) is 13.2. The average molecular weight is 517 g/mol. The number of carbonyl (C=O) groups excluding carboxylic acids is 2. The van der Waals surface area contributed by atoms with Gasteiger partial charge in [0.15, 0.2) is 11.5 Å². The van der Waals surface area contributed by atoms with Gasteiger partial charge < -0.3 is 19.7 Å². The van der Waals surface area contributed by atoms with Gasteiger partial charge in [-0.05, 0) is 61.1 Å². The number of nitrogens with zero attached hydrogens (tertiary/aromatic N) is 1. The standard InChI is InChI=1S/C32H40N2O4/c1-6-24(3)33-32(36)28(20-25-13-8-7-9-14-25)34(22-27-15-11-10-12-23(27)2)31(35)19-17-26-16-18-29(37-4)30(21-26)38-5/h7-16,18,21,24,28H,6,17,19-20,22H2,1-5H3,(H,33,36)/t24-,28+/m1/s1. The fraction of sp³-hybridized carbons (Fsp3) is 0.375. The molecule has 3 aromatic carbocycles. The number of nitrogens with one attached hydrogen (secondary N) is 1. The number of amides is 2. The lowest BCUT2D eigenvalue weighted by Crippen LogP contribution is -2.52. The van der Waals surface area contributed by atoms with E-state index in [4.69, 9.17) is 9.47 Å². The van der Waals surface area contributed by atoms with Gasteiger partial charge in [-0.2, -0.15) is 0 Å². The van der Waals surface area contributed by atoms with E-state index in [-0.39, 0.29) is 24.3 Å². The number of carbonyl (C=O) groups is 2. The van der Waals surface area contributed by atoms with Gasteiger partial charge in [0.05, 0.1) is 14.2 Å². The molecule has 0 aliphatic rings.